The second-order valence-corrected chi connectivity index (χ2v) is 6.75. The topological polar surface area (TPSA) is 38.1 Å². The number of aryl methyl sites for hydroxylation is 1. The van der Waals surface area contributed by atoms with Gasteiger partial charge in [-0.2, -0.15) is 0 Å². The van der Waals surface area contributed by atoms with Gasteiger partial charge in [-0.1, -0.05) is 32.0 Å². The first-order valence-electron chi connectivity index (χ1n) is 6.29. The summed E-state index contributed by atoms with van der Waals surface area (Å²) in [5.41, 5.74) is 1.32. The van der Waals surface area contributed by atoms with E-state index in [1.807, 2.05) is 6.92 Å². The summed E-state index contributed by atoms with van der Waals surface area (Å²) in [4.78, 5) is 4.39. The van der Waals surface area contributed by atoms with Crippen molar-refractivity contribution >= 4 is 11.8 Å². The van der Waals surface area contributed by atoms with Crippen LogP contribution in [0, 0.1) is 12.3 Å². The lowest BCUT2D eigenvalue weighted by Gasteiger charge is -2.43. The van der Waals surface area contributed by atoms with Gasteiger partial charge in [0.05, 0.1) is 5.69 Å². The fourth-order valence-electron chi connectivity index (χ4n) is 2.80. The van der Waals surface area contributed by atoms with E-state index in [9.17, 15) is 0 Å². The third-order valence-corrected chi connectivity index (χ3v) is 4.88. The van der Waals surface area contributed by atoms with Gasteiger partial charge in [-0.15, -0.1) is 0 Å². The number of hydrogen-bond acceptors (Lipinski definition) is 4. The maximum absolute atomic E-state index is 5.45. The highest BCUT2D eigenvalue weighted by Crippen LogP contribution is 2.42. The summed E-state index contributed by atoms with van der Waals surface area (Å²) >= 11 is 1.78. The van der Waals surface area contributed by atoms with Crippen LogP contribution in [0.1, 0.15) is 38.8 Å². The molecule has 0 spiro atoms. The zero-order chi connectivity index (χ0) is 12.5. The lowest BCUT2D eigenvalue weighted by molar-refractivity contribution is 0.182. The Morgan fingerprint density at radius 3 is 2.88 bits per heavy atom. The van der Waals surface area contributed by atoms with E-state index in [0.29, 0.717) is 16.7 Å². The number of nitrogens with one attached hydrogen (secondary N) is 1. The number of nitrogens with zero attached hydrogens (tertiary/aromatic N) is 1. The van der Waals surface area contributed by atoms with Crippen molar-refractivity contribution in [2.75, 3.05) is 7.05 Å². The van der Waals surface area contributed by atoms with Gasteiger partial charge in [0, 0.05) is 11.3 Å². The van der Waals surface area contributed by atoms with Crippen LogP contribution in [0.5, 0.6) is 0 Å². The van der Waals surface area contributed by atoms with E-state index in [2.05, 4.69) is 31.2 Å². The van der Waals surface area contributed by atoms with E-state index < -0.39 is 0 Å². The van der Waals surface area contributed by atoms with Crippen molar-refractivity contribution in [2.45, 2.75) is 56.5 Å². The van der Waals surface area contributed by atoms with Crippen LogP contribution < -0.4 is 5.32 Å². The smallest absolute Gasteiger partial charge is 0.256 e. The fourth-order valence-corrected chi connectivity index (χ4v) is 4.29. The predicted molar refractivity (Wildman–Crippen MR) is 71.4 cm³/mol. The van der Waals surface area contributed by atoms with Crippen molar-refractivity contribution in [1.29, 1.82) is 0 Å². The summed E-state index contributed by atoms with van der Waals surface area (Å²) in [6.07, 6.45) is 5.55. The average Bonchev–Trinajstić information content (AvgIpc) is 2.63. The molecule has 1 aromatic heterocycles. The van der Waals surface area contributed by atoms with Crippen LogP contribution in [0.3, 0.4) is 0 Å². The van der Waals surface area contributed by atoms with Crippen LogP contribution in [0.2, 0.25) is 0 Å². The van der Waals surface area contributed by atoms with E-state index in [4.69, 9.17) is 4.42 Å². The summed E-state index contributed by atoms with van der Waals surface area (Å²) in [6.45, 7) is 6.66. The molecule has 0 aliphatic heterocycles. The van der Waals surface area contributed by atoms with Gasteiger partial charge >= 0.3 is 0 Å². The Morgan fingerprint density at radius 1 is 1.53 bits per heavy atom. The lowest BCUT2D eigenvalue weighted by atomic mass is 9.73. The predicted octanol–water partition coefficient (Wildman–Crippen LogP) is 3.24. The van der Waals surface area contributed by atoms with Crippen molar-refractivity contribution in [1.82, 2.24) is 10.3 Å². The van der Waals surface area contributed by atoms with Crippen LogP contribution in [-0.2, 0) is 0 Å². The maximum Gasteiger partial charge on any atom is 0.256 e. The first-order valence-corrected chi connectivity index (χ1v) is 7.17. The quantitative estimate of drug-likeness (QED) is 0.898. The Bertz CT molecular complexity index is 375. The summed E-state index contributed by atoms with van der Waals surface area (Å²) < 4.78 is 5.45. The zero-order valence-corrected chi connectivity index (χ0v) is 11.9. The first-order chi connectivity index (χ1) is 8.03. The monoisotopic (exact) mass is 254 g/mol. The molecule has 1 aromatic rings. The van der Waals surface area contributed by atoms with Crippen LogP contribution in [-0.4, -0.2) is 23.3 Å². The molecule has 1 fully saturated rings. The molecule has 0 aromatic carbocycles. The van der Waals surface area contributed by atoms with Crippen molar-refractivity contribution < 1.29 is 4.42 Å². The Labute approximate surface area is 108 Å². The number of hydrogen-bond donors (Lipinski definition) is 1. The standard InChI is InChI=1S/C13H22N2OS/c1-9-8-16-12(15-9)17-10-6-5-7-13(2,3)11(10)14-4/h8,10-11,14H,5-7H2,1-4H3. The molecular weight excluding hydrogens is 232 g/mol. The van der Waals surface area contributed by atoms with Gasteiger partial charge in [0.1, 0.15) is 6.26 Å². The first kappa shape index (κ1) is 13.0. The third-order valence-electron chi connectivity index (χ3n) is 3.68. The van der Waals surface area contributed by atoms with Crippen LogP contribution >= 0.6 is 11.8 Å². The van der Waals surface area contributed by atoms with Gasteiger partial charge in [-0.05, 0) is 32.2 Å². The third kappa shape index (κ3) is 2.86. The molecule has 17 heavy (non-hydrogen) atoms. The molecule has 4 heteroatoms. The van der Waals surface area contributed by atoms with E-state index in [1.54, 1.807) is 18.0 Å². The van der Waals surface area contributed by atoms with E-state index in [0.717, 1.165) is 10.9 Å². The van der Waals surface area contributed by atoms with Crippen molar-refractivity contribution in [3.05, 3.63) is 12.0 Å². The molecule has 0 saturated heterocycles. The number of rotatable bonds is 3. The molecule has 2 atom stereocenters. The number of thioether (sulfide) groups is 1. The van der Waals surface area contributed by atoms with Crippen molar-refractivity contribution in [3.8, 4) is 0 Å². The van der Waals surface area contributed by atoms with Crippen LogP contribution in [0.4, 0.5) is 0 Å². The molecule has 96 valence electrons. The molecule has 1 aliphatic rings. The van der Waals surface area contributed by atoms with E-state index in [-0.39, 0.29) is 0 Å². The maximum atomic E-state index is 5.45. The minimum absolute atomic E-state index is 0.353. The molecule has 0 bridgehead atoms. The van der Waals surface area contributed by atoms with Crippen LogP contribution in [0.25, 0.3) is 0 Å². The van der Waals surface area contributed by atoms with Crippen LogP contribution in [0.15, 0.2) is 15.9 Å². The Morgan fingerprint density at radius 2 is 2.29 bits per heavy atom. The van der Waals surface area contributed by atoms with Gasteiger partial charge in [-0.3, -0.25) is 0 Å². The van der Waals surface area contributed by atoms with E-state index >= 15 is 0 Å². The Hall–Kier alpha value is -0.480. The summed E-state index contributed by atoms with van der Waals surface area (Å²) in [5, 5.41) is 4.85. The molecule has 1 aliphatic carbocycles. The minimum atomic E-state index is 0.353. The molecule has 3 nitrogen and oxygen atoms in total. The molecule has 2 rings (SSSR count). The molecule has 0 amide bonds. The normalized spacial score (nSPS) is 28.2. The largest absolute Gasteiger partial charge is 0.440 e. The van der Waals surface area contributed by atoms with Gasteiger partial charge < -0.3 is 9.73 Å². The summed E-state index contributed by atoms with van der Waals surface area (Å²) in [6, 6.07) is 0.522. The number of aromatic nitrogens is 1. The van der Waals surface area contributed by atoms with Gasteiger partial charge in [0.15, 0.2) is 0 Å². The van der Waals surface area contributed by atoms with Gasteiger partial charge in [0.25, 0.3) is 5.22 Å². The van der Waals surface area contributed by atoms with Gasteiger partial charge in [-0.25, -0.2) is 4.98 Å². The van der Waals surface area contributed by atoms with Crippen molar-refractivity contribution in [2.24, 2.45) is 5.41 Å². The molecule has 1 saturated carbocycles. The number of oxazole rings is 1. The molecule has 1 heterocycles. The van der Waals surface area contributed by atoms with Crippen molar-refractivity contribution in [3.63, 3.8) is 0 Å². The van der Waals surface area contributed by atoms with E-state index in [1.165, 1.54) is 19.3 Å². The Kier molecular flexibility index (Phi) is 3.83. The highest BCUT2D eigenvalue weighted by molar-refractivity contribution is 7.99. The second-order valence-electron chi connectivity index (χ2n) is 5.56. The molecule has 2 unspecified atom stereocenters. The SMILES string of the molecule is CNC1C(Sc2nc(C)co2)CCCC1(C)C. The molecule has 0 radical (unpaired) electrons. The minimum Gasteiger partial charge on any atom is -0.440 e. The lowest BCUT2D eigenvalue weighted by Crippen LogP contribution is -2.49. The summed E-state index contributed by atoms with van der Waals surface area (Å²) in [7, 11) is 2.06. The van der Waals surface area contributed by atoms with Gasteiger partial charge in [0.2, 0.25) is 0 Å². The molecular formula is C13H22N2OS. The second kappa shape index (κ2) is 5.02. The highest BCUT2D eigenvalue weighted by atomic mass is 32.2. The Balaban J connectivity index is 2.08. The zero-order valence-electron chi connectivity index (χ0n) is 11.1. The highest BCUT2D eigenvalue weighted by Gasteiger charge is 2.39. The summed E-state index contributed by atoms with van der Waals surface area (Å²) in [5.74, 6) is 0. The average molecular weight is 254 g/mol. The molecule has 1 N–H and O–H groups in total. The fraction of sp³-hybridized carbons (Fsp3) is 0.769.